The Morgan fingerprint density at radius 2 is 1.93 bits per heavy atom. The molecule has 0 aromatic carbocycles. The van der Waals surface area contributed by atoms with E-state index in [1.165, 1.54) is 0 Å². The van der Waals surface area contributed by atoms with E-state index in [0.717, 1.165) is 44.6 Å². The zero-order valence-corrected chi connectivity index (χ0v) is 24.3. The lowest BCUT2D eigenvalue weighted by Gasteiger charge is -2.29. The van der Waals surface area contributed by atoms with E-state index in [4.69, 9.17) is 0 Å². The molecule has 1 unspecified atom stereocenters. The molecule has 2 fully saturated rings. The minimum atomic E-state index is -4.55. The van der Waals surface area contributed by atoms with Crippen molar-refractivity contribution in [2.45, 2.75) is 89.8 Å². The summed E-state index contributed by atoms with van der Waals surface area (Å²) in [5, 5.41) is 8.51. The summed E-state index contributed by atoms with van der Waals surface area (Å²) in [5.74, 6) is 1.23. The van der Waals surface area contributed by atoms with Crippen LogP contribution in [-0.2, 0) is 20.6 Å². The lowest BCUT2D eigenvalue weighted by molar-refractivity contribution is -0.141. The second-order valence-corrected chi connectivity index (χ2v) is 11.2. The second-order valence-electron chi connectivity index (χ2n) is 11.2. The highest BCUT2D eigenvalue weighted by Gasteiger charge is 2.39. The third-order valence-corrected chi connectivity index (χ3v) is 7.52. The molecule has 3 heterocycles. The number of nitrogens with one attached hydrogen (secondary N) is 3. The Morgan fingerprint density at radius 1 is 1.25 bits per heavy atom. The van der Waals surface area contributed by atoms with Gasteiger partial charge in [0.15, 0.2) is 0 Å². The maximum Gasteiger partial charge on any atom is 0.433 e. The number of hydrogen-bond donors (Lipinski definition) is 3. The fraction of sp³-hybridized carbons (Fsp3) is 0.741. The number of aldehydes is 1. The molecule has 2 aliphatic rings. The Hall–Kier alpha value is -2.80. The number of likely N-dealkylation sites (N-methyl/N-ethyl adjacent to an activating group) is 1. The highest BCUT2D eigenvalue weighted by atomic mass is 19.4. The molecule has 3 rings (SSSR count). The van der Waals surface area contributed by atoms with E-state index in [9.17, 15) is 27.6 Å². The number of likely N-dealkylation sites (tertiary alicyclic amines) is 1. The molecule has 0 saturated carbocycles. The van der Waals surface area contributed by atoms with Gasteiger partial charge in [0.25, 0.3) is 0 Å². The van der Waals surface area contributed by atoms with Crippen LogP contribution in [-0.4, -0.2) is 89.8 Å². The average Bonchev–Trinajstić information content (AvgIpc) is 3.26. The van der Waals surface area contributed by atoms with E-state index in [1.54, 1.807) is 0 Å². The van der Waals surface area contributed by atoms with E-state index in [1.807, 2.05) is 33.0 Å². The molecule has 2 saturated heterocycles. The number of hydrogen-bond acceptors (Lipinski definition) is 8. The molecule has 0 aliphatic carbocycles. The first kappa shape index (κ1) is 33.4. The fourth-order valence-corrected chi connectivity index (χ4v) is 4.80. The van der Waals surface area contributed by atoms with Crippen LogP contribution in [0.1, 0.15) is 65.0 Å². The van der Waals surface area contributed by atoms with Crippen LogP contribution in [0.3, 0.4) is 0 Å². The van der Waals surface area contributed by atoms with Gasteiger partial charge >= 0.3 is 6.18 Å². The lowest BCUT2D eigenvalue weighted by atomic mass is 9.88. The minimum absolute atomic E-state index is 0.0318. The molecular formula is C27H44F3N7O3. The molecular weight excluding hydrogens is 527 g/mol. The van der Waals surface area contributed by atoms with Gasteiger partial charge in [0.2, 0.25) is 11.8 Å². The summed E-state index contributed by atoms with van der Waals surface area (Å²) in [6.45, 7) is 7.45. The highest BCUT2D eigenvalue weighted by Crippen LogP contribution is 2.30. The maximum absolute atomic E-state index is 12.6. The molecule has 0 spiro atoms. The van der Waals surface area contributed by atoms with Crippen molar-refractivity contribution in [2.24, 2.45) is 11.8 Å². The Labute approximate surface area is 234 Å². The SMILES string of the molecule is CC(C)[C@H]1CCN(C)C1C(=O)N[C@@H](C)N(C)C.O=C[C@H](CCCC[C@@H]1CC(=O)N1)Nc1cc(C(F)(F)F)ncn1. The zero-order valence-electron chi connectivity index (χ0n) is 24.3. The van der Waals surface area contributed by atoms with Gasteiger partial charge in [-0.3, -0.25) is 19.4 Å². The first-order valence-corrected chi connectivity index (χ1v) is 13.8. The molecule has 5 atom stereocenters. The van der Waals surface area contributed by atoms with Crippen LogP contribution in [0.4, 0.5) is 19.0 Å². The van der Waals surface area contributed by atoms with E-state index in [-0.39, 0.29) is 35.9 Å². The van der Waals surface area contributed by atoms with E-state index in [0.29, 0.717) is 31.0 Å². The van der Waals surface area contributed by atoms with E-state index in [2.05, 4.69) is 44.7 Å². The van der Waals surface area contributed by atoms with Gasteiger partial charge < -0.3 is 20.7 Å². The van der Waals surface area contributed by atoms with Gasteiger partial charge in [-0.25, -0.2) is 9.97 Å². The van der Waals surface area contributed by atoms with E-state index < -0.39 is 17.9 Å². The number of anilines is 1. The summed E-state index contributed by atoms with van der Waals surface area (Å²) in [5.41, 5.74) is -1.06. The van der Waals surface area contributed by atoms with Gasteiger partial charge in [0, 0.05) is 18.5 Å². The molecule has 10 nitrogen and oxygen atoms in total. The Morgan fingerprint density at radius 3 is 2.48 bits per heavy atom. The summed E-state index contributed by atoms with van der Waals surface area (Å²) in [7, 11) is 6.00. The van der Waals surface area contributed by atoms with Crippen molar-refractivity contribution in [2.75, 3.05) is 33.0 Å². The van der Waals surface area contributed by atoms with Crippen LogP contribution < -0.4 is 16.0 Å². The molecule has 1 aromatic rings. The predicted molar refractivity (Wildman–Crippen MR) is 146 cm³/mol. The van der Waals surface area contributed by atoms with Crippen molar-refractivity contribution >= 4 is 23.9 Å². The van der Waals surface area contributed by atoms with Crippen LogP contribution in [0.2, 0.25) is 0 Å². The van der Waals surface area contributed by atoms with Gasteiger partial charge in [-0.1, -0.05) is 26.7 Å². The number of β-lactam (4-membered cyclic amide) rings is 1. The van der Waals surface area contributed by atoms with Crippen molar-refractivity contribution in [3.8, 4) is 0 Å². The van der Waals surface area contributed by atoms with Gasteiger partial charge in [0.1, 0.15) is 24.1 Å². The first-order valence-electron chi connectivity index (χ1n) is 13.8. The van der Waals surface area contributed by atoms with Crippen LogP contribution in [0.15, 0.2) is 12.4 Å². The smallest absolute Gasteiger partial charge is 0.360 e. The molecule has 1 aromatic heterocycles. The number of aromatic nitrogens is 2. The van der Waals surface area contributed by atoms with Crippen molar-refractivity contribution in [3.63, 3.8) is 0 Å². The van der Waals surface area contributed by atoms with Gasteiger partial charge in [0.05, 0.1) is 18.2 Å². The monoisotopic (exact) mass is 571 g/mol. The lowest BCUT2D eigenvalue weighted by Crippen LogP contribution is -2.51. The number of nitrogens with zero attached hydrogens (tertiary/aromatic N) is 4. The highest BCUT2D eigenvalue weighted by molar-refractivity contribution is 5.83. The summed E-state index contributed by atoms with van der Waals surface area (Å²) in [4.78, 5) is 45.1. The predicted octanol–water partition coefficient (Wildman–Crippen LogP) is 2.91. The van der Waals surface area contributed by atoms with Crippen molar-refractivity contribution in [1.82, 2.24) is 30.4 Å². The standard InChI is InChI=1S/C14H17F3N4O2.C13H27N3O/c15-14(16,17)11-6-12(19-8-18-11)20-10(7-22)4-2-1-3-9-5-13(23)21-9;1-9(2)11-7-8-16(6)12(11)13(17)14-10(3)15(4)5/h6-10H,1-5H2,(H,21,23)(H,18,19,20);9-12H,7-8H2,1-6H3,(H,14,17)/t9-,10+;10-,11-,12?/m11/s1. The Kier molecular flexibility index (Phi) is 12.8. The minimum Gasteiger partial charge on any atom is -0.360 e. The largest absolute Gasteiger partial charge is 0.433 e. The number of amides is 2. The molecule has 0 radical (unpaired) electrons. The summed E-state index contributed by atoms with van der Waals surface area (Å²) in [6.07, 6.45) is 1.53. The number of unbranched alkanes of at least 4 members (excludes halogenated alkanes) is 1. The van der Waals surface area contributed by atoms with Crippen LogP contribution >= 0.6 is 0 Å². The third-order valence-electron chi connectivity index (χ3n) is 7.52. The average molecular weight is 572 g/mol. The molecule has 40 heavy (non-hydrogen) atoms. The second kappa shape index (κ2) is 15.3. The number of halogens is 3. The molecule has 3 N–H and O–H groups in total. The molecule has 0 bridgehead atoms. The van der Waals surface area contributed by atoms with Crippen LogP contribution in [0.5, 0.6) is 0 Å². The van der Waals surface area contributed by atoms with Crippen molar-refractivity contribution < 1.29 is 27.6 Å². The summed E-state index contributed by atoms with van der Waals surface area (Å²) >= 11 is 0. The molecule has 2 aliphatic heterocycles. The summed E-state index contributed by atoms with van der Waals surface area (Å²) in [6, 6.07) is 0.418. The van der Waals surface area contributed by atoms with Gasteiger partial charge in [-0.2, -0.15) is 13.2 Å². The number of rotatable bonds is 12. The van der Waals surface area contributed by atoms with Crippen LogP contribution in [0.25, 0.3) is 0 Å². The van der Waals surface area contributed by atoms with E-state index >= 15 is 0 Å². The number of carbonyl (C=O) groups excluding carboxylic acids is 3. The number of alkyl halides is 3. The Balaban J connectivity index is 0.000000294. The molecule has 13 heteroatoms. The molecule has 226 valence electrons. The fourth-order valence-electron chi connectivity index (χ4n) is 4.80. The van der Waals surface area contributed by atoms with Crippen molar-refractivity contribution in [3.05, 3.63) is 18.1 Å². The Bertz CT molecular complexity index is 969. The zero-order chi connectivity index (χ0) is 30.0. The van der Waals surface area contributed by atoms with Gasteiger partial charge in [-0.05, 0) is 65.7 Å². The van der Waals surface area contributed by atoms with Gasteiger partial charge in [-0.15, -0.1) is 0 Å². The normalized spacial score (nSPS) is 22.6. The summed E-state index contributed by atoms with van der Waals surface area (Å²) < 4.78 is 37.7. The number of carbonyl (C=O) groups is 3. The molecule has 2 amide bonds. The third kappa shape index (κ3) is 10.3. The quantitative estimate of drug-likeness (QED) is 0.152. The van der Waals surface area contributed by atoms with Crippen molar-refractivity contribution in [1.29, 1.82) is 0 Å². The topological polar surface area (TPSA) is 120 Å². The first-order chi connectivity index (χ1) is 18.7. The maximum atomic E-state index is 12.6. The van der Waals surface area contributed by atoms with Crippen LogP contribution in [0, 0.1) is 11.8 Å².